The van der Waals surface area contributed by atoms with Gasteiger partial charge in [-0.2, -0.15) is 0 Å². The molecule has 0 radical (unpaired) electrons. The summed E-state index contributed by atoms with van der Waals surface area (Å²) >= 11 is 0. The van der Waals surface area contributed by atoms with Gasteiger partial charge in [-0.25, -0.2) is 0 Å². The van der Waals surface area contributed by atoms with E-state index in [1.807, 2.05) is 0 Å². The molecule has 0 aliphatic rings. The van der Waals surface area contributed by atoms with Crippen LogP contribution in [0, 0.1) is 0 Å². The molecule has 0 aromatic carbocycles. The average Bonchev–Trinajstić information content (AvgIpc) is 3.17. The van der Waals surface area contributed by atoms with Crippen molar-refractivity contribution in [2.75, 3.05) is 13.2 Å². The minimum Gasteiger partial charge on any atom is -0.462 e. The largest absolute Gasteiger partial charge is 0.462 e. The number of aliphatic hydroxyl groups excluding tert-OH is 1. The van der Waals surface area contributed by atoms with Crippen molar-refractivity contribution in [3.8, 4) is 0 Å². The molecule has 1 atom stereocenters. The summed E-state index contributed by atoms with van der Waals surface area (Å²) in [7, 11) is 0. The molecule has 0 bridgehead atoms. The van der Waals surface area contributed by atoms with Gasteiger partial charge < -0.3 is 14.6 Å². The van der Waals surface area contributed by atoms with Gasteiger partial charge in [-0.05, 0) is 103 Å². The summed E-state index contributed by atoms with van der Waals surface area (Å²) < 4.78 is 10.6. The Morgan fingerprint density at radius 3 is 1.15 bits per heavy atom. The number of aliphatic hydroxyl groups is 1. The zero-order valence-corrected chi connectivity index (χ0v) is 34.2. The summed E-state index contributed by atoms with van der Waals surface area (Å²) in [6.07, 6.45) is 64.1. The predicted molar refractivity (Wildman–Crippen MR) is 232 cm³/mol. The van der Waals surface area contributed by atoms with Crippen LogP contribution in [0.25, 0.3) is 0 Å². The van der Waals surface area contributed by atoms with Crippen molar-refractivity contribution >= 4 is 11.9 Å². The van der Waals surface area contributed by atoms with Gasteiger partial charge in [0, 0.05) is 12.8 Å². The van der Waals surface area contributed by atoms with Crippen LogP contribution in [-0.2, 0) is 19.1 Å². The van der Waals surface area contributed by atoms with Gasteiger partial charge in [-0.3, -0.25) is 9.59 Å². The second-order valence-electron chi connectivity index (χ2n) is 13.3. The first-order valence-corrected chi connectivity index (χ1v) is 21.1. The van der Waals surface area contributed by atoms with Crippen molar-refractivity contribution in [1.82, 2.24) is 0 Å². The first-order chi connectivity index (χ1) is 26.6. The number of ether oxygens (including phenoxy) is 2. The normalized spacial score (nSPS) is 13.5. The Kier molecular flexibility index (Phi) is 40.7. The lowest BCUT2D eigenvalue weighted by Crippen LogP contribution is -2.28. The van der Waals surface area contributed by atoms with Gasteiger partial charge in [0.05, 0.1) is 6.61 Å². The zero-order valence-electron chi connectivity index (χ0n) is 34.2. The third-order valence-corrected chi connectivity index (χ3v) is 8.25. The number of esters is 2. The molecule has 0 spiro atoms. The Morgan fingerprint density at radius 1 is 0.426 bits per heavy atom. The maximum Gasteiger partial charge on any atom is 0.306 e. The van der Waals surface area contributed by atoms with Gasteiger partial charge in [0.2, 0.25) is 0 Å². The van der Waals surface area contributed by atoms with Crippen LogP contribution in [0.1, 0.15) is 155 Å². The van der Waals surface area contributed by atoms with E-state index in [0.717, 1.165) is 116 Å². The fourth-order valence-corrected chi connectivity index (χ4v) is 5.13. The highest BCUT2D eigenvalue weighted by Gasteiger charge is 2.16. The minimum absolute atomic E-state index is 0.102. The fourth-order valence-electron chi connectivity index (χ4n) is 5.13. The lowest BCUT2D eigenvalue weighted by Gasteiger charge is -2.15. The van der Waals surface area contributed by atoms with Gasteiger partial charge in [-0.1, -0.05) is 161 Å². The van der Waals surface area contributed by atoms with Gasteiger partial charge in [0.15, 0.2) is 6.10 Å². The van der Waals surface area contributed by atoms with E-state index < -0.39 is 6.10 Å². The van der Waals surface area contributed by atoms with Crippen LogP contribution in [-0.4, -0.2) is 36.4 Å². The van der Waals surface area contributed by atoms with Crippen LogP contribution in [0.15, 0.2) is 122 Å². The molecule has 0 rings (SSSR count). The predicted octanol–water partition coefficient (Wildman–Crippen LogP) is 13.6. The van der Waals surface area contributed by atoms with Gasteiger partial charge in [0.1, 0.15) is 6.61 Å². The van der Waals surface area contributed by atoms with Crippen molar-refractivity contribution in [2.45, 2.75) is 161 Å². The molecule has 0 heterocycles. The molecule has 5 nitrogen and oxygen atoms in total. The van der Waals surface area contributed by atoms with Gasteiger partial charge >= 0.3 is 11.9 Å². The molecule has 0 aliphatic heterocycles. The number of carbonyl (C=O) groups excluding carboxylic acids is 2. The van der Waals surface area contributed by atoms with Crippen molar-refractivity contribution in [3.05, 3.63) is 122 Å². The third-order valence-electron chi connectivity index (χ3n) is 8.25. The monoisotopic (exact) mass is 745 g/mol. The quantitative estimate of drug-likeness (QED) is 0.0393. The van der Waals surface area contributed by atoms with Crippen LogP contribution in [0.5, 0.6) is 0 Å². The molecule has 0 amide bonds. The van der Waals surface area contributed by atoms with E-state index >= 15 is 0 Å². The van der Waals surface area contributed by atoms with Crippen LogP contribution >= 0.6 is 0 Å². The topological polar surface area (TPSA) is 72.8 Å². The zero-order chi connectivity index (χ0) is 39.3. The second-order valence-corrected chi connectivity index (χ2v) is 13.3. The van der Waals surface area contributed by atoms with Crippen molar-refractivity contribution < 1.29 is 24.2 Å². The highest BCUT2D eigenvalue weighted by Crippen LogP contribution is 2.11. The number of allylic oxidation sites excluding steroid dienone is 20. The highest BCUT2D eigenvalue weighted by molar-refractivity contribution is 5.70. The summed E-state index contributed by atoms with van der Waals surface area (Å²) in [5.74, 6) is -0.670. The van der Waals surface area contributed by atoms with E-state index in [0.29, 0.717) is 12.8 Å². The van der Waals surface area contributed by atoms with Crippen molar-refractivity contribution in [2.24, 2.45) is 0 Å². The van der Waals surface area contributed by atoms with Crippen LogP contribution in [0.2, 0.25) is 0 Å². The molecule has 1 unspecified atom stereocenters. The van der Waals surface area contributed by atoms with Crippen LogP contribution in [0.3, 0.4) is 0 Å². The summed E-state index contributed by atoms with van der Waals surface area (Å²) in [4.78, 5) is 24.3. The van der Waals surface area contributed by atoms with E-state index in [1.165, 1.54) is 12.8 Å². The number of rotatable bonds is 36. The van der Waals surface area contributed by atoms with Crippen molar-refractivity contribution in [1.29, 1.82) is 0 Å². The number of carbonyl (C=O) groups is 2. The fraction of sp³-hybridized carbons (Fsp3) is 0.551. The Balaban J connectivity index is 3.70. The summed E-state index contributed by atoms with van der Waals surface area (Å²) in [5.41, 5.74) is 0. The molecule has 0 aliphatic carbocycles. The van der Waals surface area contributed by atoms with Crippen LogP contribution < -0.4 is 0 Å². The molecule has 5 heteroatoms. The van der Waals surface area contributed by atoms with Crippen molar-refractivity contribution in [3.63, 3.8) is 0 Å². The Morgan fingerprint density at radius 2 is 0.741 bits per heavy atom. The summed E-state index contributed by atoms with van der Waals surface area (Å²) in [6, 6.07) is 0. The number of unbranched alkanes of at least 4 members (excludes halogenated alkanes) is 8. The summed E-state index contributed by atoms with van der Waals surface area (Å²) in [6.45, 7) is 3.84. The lowest BCUT2D eigenvalue weighted by molar-refractivity contribution is -0.161. The molecular weight excluding hydrogens is 669 g/mol. The molecule has 1 N–H and O–H groups in total. The lowest BCUT2D eigenvalue weighted by atomic mass is 10.1. The van der Waals surface area contributed by atoms with Gasteiger partial charge in [0.25, 0.3) is 0 Å². The van der Waals surface area contributed by atoms with E-state index in [2.05, 4.69) is 135 Å². The van der Waals surface area contributed by atoms with E-state index in [9.17, 15) is 14.7 Å². The van der Waals surface area contributed by atoms with E-state index in [-0.39, 0.29) is 25.2 Å². The Hall–Kier alpha value is -3.70. The SMILES string of the molecule is CC/C=C\C/C=C\C/C=C\C/C=C\C/C=C\C/C=C\CCCCCCCCC(=O)OC(CO)COC(=O)CCCC/C=C\C/C=C\C/C=C\C/C=C\CC. The second kappa shape index (κ2) is 43.7. The van der Waals surface area contributed by atoms with Crippen LogP contribution in [0.4, 0.5) is 0 Å². The molecule has 0 aromatic heterocycles. The highest BCUT2D eigenvalue weighted by atomic mass is 16.6. The molecule has 302 valence electrons. The standard InChI is InChI=1S/C49H76O5/c1-3-5-7-9-11-13-15-17-19-20-21-22-23-24-25-26-27-28-30-32-34-36-38-40-42-44-49(52)54-47(45-50)46-53-48(51)43-41-39-37-35-33-31-29-18-16-14-12-10-8-6-4-2/h5-8,11-14,17-19,21-22,24-25,27-29,33,35,47,50H,3-4,9-10,15-16,20,23,26,30-32,34,36-46H2,1-2H3/b7-5-,8-6-,13-11-,14-12-,19-17-,22-21-,25-24-,28-27-,29-18-,35-33-. The third kappa shape index (κ3) is 41.1. The van der Waals surface area contributed by atoms with Gasteiger partial charge in [-0.15, -0.1) is 0 Å². The Bertz CT molecular complexity index is 1160. The maximum atomic E-state index is 12.2. The minimum atomic E-state index is -0.806. The average molecular weight is 745 g/mol. The smallest absolute Gasteiger partial charge is 0.306 e. The van der Waals surface area contributed by atoms with E-state index in [4.69, 9.17) is 9.47 Å². The Labute approximate surface area is 331 Å². The molecule has 54 heavy (non-hydrogen) atoms. The first kappa shape index (κ1) is 50.3. The first-order valence-electron chi connectivity index (χ1n) is 21.1. The number of hydrogen-bond donors (Lipinski definition) is 1. The molecule has 0 aromatic rings. The maximum absolute atomic E-state index is 12.2. The molecule has 0 fully saturated rings. The number of hydrogen-bond acceptors (Lipinski definition) is 5. The molecular formula is C49H76O5. The molecule has 0 saturated carbocycles. The van der Waals surface area contributed by atoms with E-state index in [1.54, 1.807) is 0 Å². The summed E-state index contributed by atoms with van der Waals surface area (Å²) in [5, 5.41) is 9.57. The molecule has 0 saturated heterocycles.